The zero-order valence-corrected chi connectivity index (χ0v) is 15.1. The third-order valence-corrected chi connectivity index (χ3v) is 4.80. The predicted octanol–water partition coefficient (Wildman–Crippen LogP) is 1.11. The molecule has 0 bridgehead atoms. The van der Waals surface area contributed by atoms with Gasteiger partial charge in [0.2, 0.25) is 10.0 Å². The highest BCUT2D eigenvalue weighted by Crippen LogP contribution is 2.14. The molecule has 0 fully saturated rings. The van der Waals surface area contributed by atoms with E-state index in [-0.39, 0.29) is 17.2 Å². The fraction of sp³-hybridized carbons (Fsp3) is 0.500. The molecule has 3 N–H and O–H groups in total. The van der Waals surface area contributed by atoms with Gasteiger partial charge in [-0.3, -0.25) is 9.59 Å². The molecule has 2 unspecified atom stereocenters. The molecule has 1 aromatic carbocycles. The highest BCUT2D eigenvalue weighted by Gasteiger charge is 2.29. The molecule has 0 spiro atoms. The number of aryl methyl sites for hydroxylation is 1. The predicted molar refractivity (Wildman–Crippen MR) is 89.5 cm³/mol. The number of primary amides is 1. The number of hydrogen-bond donors (Lipinski definition) is 2. The van der Waals surface area contributed by atoms with E-state index in [1.54, 1.807) is 12.1 Å². The van der Waals surface area contributed by atoms with Gasteiger partial charge in [-0.05, 0) is 38.3 Å². The van der Waals surface area contributed by atoms with Gasteiger partial charge in [0.15, 0.2) is 6.10 Å². The summed E-state index contributed by atoms with van der Waals surface area (Å²) >= 11 is 0. The lowest BCUT2D eigenvalue weighted by Gasteiger charge is -2.21. The maximum absolute atomic E-state index is 12.4. The average molecular weight is 356 g/mol. The zero-order valence-electron chi connectivity index (χ0n) is 14.3. The Kier molecular flexibility index (Phi) is 6.92. The Morgan fingerprint density at radius 1 is 1.17 bits per heavy atom. The molecule has 0 saturated carbocycles. The number of benzene rings is 1. The Hall–Kier alpha value is -1.93. The van der Waals surface area contributed by atoms with Crippen molar-refractivity contribution < 1.29 is 22.7 Å². The highest BCUT2D eigenvalue weighted by molar-refractivity contribution is 7.89. The summed E-state index contributed by atoms with van der Waals surface area (Å²) in [7, 11) is -3.89. The van der Waals surface area contributed by atoms with Crippen molar-refractivity contribution in [3.05, 3.63) is 29.8 Å². The summed E-state index contributed by atoms with van der Waals surface area (Å²) in [5.74, 6) is -1.59. The molecular weight excluding hydrogens is 332 g/mol. The van der Waals surface area contributed by atoms with Crippen LogP contribution in [0.4, 0.5) is 0 Å². The molecule has 0 saturated heterocycles. The number of nitrogens with two attached hydrogens (primary N) is 1. The quantitative estimate of drug-likeness (QED) is 0.677. The van der Waals surface area contributed by atoms with E-state index in [9.17, 15) is 18.0 Å². The summed E-state index contributed by atoms with van der Waals surface area (Å²) in [5, 5.41) is 0. The summed E-state index contributed by atoms with van der Waals surface area (Å²) in [6.07, 6.45) is -0.897. The summed E-state index contributed by atoms with van der Waals surface area (Å²) < 4.78 is 32.2. The lowest BCUT2D eigenvalue weighted by molar-refractivity contribution is -0.155. The van der Waals surface area contributed by atoms with E-state index in [1.807, 2.05) is 20.8 Å². The van der Waals surface area contributed by atoms with Gasteiger partial charge in [0, 0.05) is 0 Å². The Bertz CT molecular complexity index is 683. The van der Waals surface area contributed by atoms with Gasteiger partial charge in [-0.1, -0.05) is 31.5 Å². The topological polar surface area (TPSA) is 116 Å². The number of nitrogens with one attached hydrogen (secondary N) is 1. The first-order valence-corrected chi connectivity index (χ1v) is 9.10. The molecule has 0 aliphatic carbocycles. The molecule has 7 nitrogen and oxygen atoms in total. The second-order valence-corrected chi connectivity index (χ2v) is 7.81. The number of amides is 1. The van der Waals surface area contributed by atoms with Crippen LogP contribution in [-0.4, -0.2) is 32.4 Å². The molecule has 2 atom stereocenters. The van der Waals surface area contributed by atoms with Gasteiger partial charge in [0.1, 0.15) is 6.04 Å². The van der Waals surface area contributed by atoms with Gasteiger partial charge in [0.05, 0.1) is 4.90 Å². The summed E-state index contributed by atoms with van der Waals surface area (Å²) in [6, 6.07) is 5.15. The van der Waals surface area contributed by atoms with Gasteiger partial charge < -0.3 is 10.5 Å². The second kappa shape index (κ2) is 8.25. The zero-order chi connectivity index (χ0) is 18.5. The first kappa shape index (κ1) is 20.1. The molecule has 24 heavy (non-hydrogen) atoms. The van der Waals surface area contributed by atoms with Crippen molar-refractivity contribution in [3.63, 3.8) is 0 Å². The van der Waals surface area contributed by atoms with Crippen LogP contribution >= 0.6 is 0 Å². The first-order chi connectivity index (χ1) is 11.0. The van der Waals surface area contributed by atoms with E-state index in [4.69, 9.17) is 10.5 Å². The van der Waals surface area contributed by atoms with Crippen molar-refractivity contribution in [2.75, 3.05) is 0 Å². The fourth-order valence-corrected chi connectivity index (χ4v) is 3.15. The monoisotopic (exact) mass is 356 g/mol. The Balaban J connectivity index is 2.98. The molecule has 1 rings (SSSR count). The van der Waals surface area contributed by atoms with Gasteiger partial charge >= 0.3 is 5.97 Å². The van der Waals surface area contributed by atoms with Crippen LogP contribution in [0.25, 0.3) is 0 Å². The minimum Gasteiger partial charge on any atom is -0.451 e. The van der Waals surface area contributed by atoms with Crippen molar-refractivity contribution in [2.24, 2.45) is 11.7 Å². The maximum atomic E-state index is 12.4. The standard InChI is InChI=1S/C16H24N2O5S/c1-10(2)9-14(16(20)23-12(4)15(17)19)18-24(21,22)13-7-5-11(3)6-8-13/h5-8,10,12,14,18H,9H2,1-4H3,(H2,17,19). The number of ether oxygens (including phenoxy) is 1. The van der Waals surface area contributed by atoms with E-state index in [0.717, 1.165) is 5.56 Å². The van der Waals surface area contributed by atoms with Gasteiger partial charge in [0.25, 0.3) is 5.91 Å². The normalized spacial score (nSPS) is 14.2. The van der Waals surface area contributed by atoms with Crippen molar-refractivity contribution in [1.82, 2.24) is 4.72 Å². The minimum absolute atomic E-state index is 0.0344. The Morgan fingerprint density at radius 3 is 2.17 bits per heavy atom. The van der Waals surface area contributed by atoms with Gasteiger partial charge in [-0.25, -0.2) is 8.42 Å². The number of sulfonamides is 1. The van der Waals surface area contributed by atoms with E-state index in [2.05, 4.69) is 4.72 Å². The van der Waals surface area contributed by atoms with Crippen LogP contribution in [-0.2, 0) is 24.3 Å². The SMILES string of the molecule is Cc1ccc(S(=O)(=O)NC(CC(C)C)C(=O)OC(C)C(N)=O)cc1. The van der Waals surface area contributed by atoms with E-state index >= 15 is 0 Å². The Morgan fingerprint density at radius 2 is 1.71 bits per heavy atom. The lowest BCUT2D eigenvalue weighted by atomic mass is 10.0. The molecule has 134 valence electrons. The molecule has 1 aromatic rings. The summed E-state index contributed by atoms with van der Waals surface area (Å²) in [4.78, 5) is 23.3. The minimum atomic E-state index is -3.89. The largest absolute Gasteiger partial charge is 0.451 e. The van der Waals surface area contributed by atoms with Gasteiger partial charge in [-0.2, -0.15) is 4.72 Å². The third kappa shape index (κ3) is 5.93. The van der Waals surface area contributed by atoms with Crippen molar-refractivity contribution >= 4 is 21.9 Å². The number of hydrogen-bond acceptors (Lipinski definition) is 5. The number of carbonyl (C=O) groups is 2. The van der Waals surface area contributed by atoms with Crippen LogP contribution in [0.1, 0.15) is 32.8 Å². The lowest BCUT2D eigenvalue weighted by Crippen LogP contribution is -2.45. The molecular formula is C16H24N2O5S. The summed E-state index contributed by atoms with van der Waals surface area (Å²) in [6.45, 7) is 6.87. The first-order valence-electron chi connectivity index (χ1n) is 7.61. The van der Waals surface area contributed by atoms with Crippen LogP contribution in [0.2, 0.25) is 0 Å². The fourth-order valence-electron chi connectivity index (χ4n) is 1.95. The number of esters is 1. The molecule has 0 heterocycles. The van der Waals surface area contributed by atoms with Gasteiger partial charge in [-0.15, -0.1) is 0 Å². The maximum Gasteiger partial charge on any atom is 0.324 e. The van der Waals surface area contributed by atoms with Crippen molar-refractivity contribution in [1.29, 1.82) is 0 Å². The summed E-state index contributed by atoms with van der Waals surface area (Å²) in [5.41, 5.74) is 5.98. The van der Waals surface area contributed by atoms with Crippen molar-refractivity contribution in [3.8, 4) is 0 Å². The molecule has 0 aliphatic heterocycles. The Labute approximate surface area is 142 Å². The number of rotatable bonds is 8. The van der Waals surface area contributed by atoms with Crippen molar-refractivity contribution in [2.45, 2.75) is 51.2 Å². The van der Waals surface area contributed by atoms with E-state index in [1.165, 1.54) is 19.1 Å². The molecule has 0 radical (unpaired) electrons. The second-order valence-electron chi connectivity index (χ2n) is 6.10. The van der Waals surface area contributed by atoms with Crippen LogP contribution < -0.4 is 10.5 Å². The molecule has 0 aliphatic rings. The van der Waals surface area contributed by atoms with Crippen LogP contribution in [0.3, 0.4) is 0 Å². The average Bonchev–Trinajstić information content (AvgIpc) is 2.46. The van der Waals surface area contributed by atoms with Crippen LogP contribution in [0.15, 0.2) is 29.2 Å². The van der Waals surface area contributed by atoms with E-state index in [0.29, 0.717) is 0 Å². The number of carbonyl (C=O) groups excluding carboxylic acids is 2. The molecule has 8 heteroatoms. The third-order valence-electron chi connectivity index (χ3n) is 3.31. The molecule has 0 aromatic heterocycles. The molecule has 1 amide bonds. The van der Waals surface area contributed by atoms with Crippen LogP contribution in [0.5, 0.6) is 0 Å². The van der Waals surface area contributed by atoms with Crippen LogP contribution in [0, 0.1) is 12.8 Å². The smallest absolute Gasteiger partial charge is 0.324 e. The van der Waals surface area contributed by atoms with E-state index < -0.39 is 34.0 Å². The highest BCUT2D eigenvalue weighted by atomic mass is 32.2.